The van der Waals surface area contributed by atoms with E-state index in [9.17, 15) is 9.59 Å². The molecular weight excluding hydrogens is 356 g/mol. The third kappa shape index (κ3) is 4.65. The van der Waals surface area contributed by atoms with Crippen molar-refractivity contribution in [2.24, 2.45) is 23.2 Å². The van der Waals surface area contributed by atoms with Gasteiger partial charge in [0.15, 0.2) is 0 Å². The lowest BCUT2D eigenvalue weighted by molar-refractivity contribution is -0.129. The molecule has 0 heterocycles. The third-order valence-electron chi connectivity index (χ3n) is 7.80. The van der Waals surface area contributed by atoms with E-state index in [1.54, 1.807) is 0 Å². The Morgan fingerprint density at radius 2 is 1.56 bits per heavy atom. The van der Waals surface area contributed by atoms with Gasteiger partial charge in [-0.25, -0.2) is 0 Å². The molecule has 0 unspecified atom stereocenters. The molecule has 5 heteroatoms. The largest absolute Gasteiger partial charge is 0.355 e. The van der Waals surface area contributed by atoms with Crippen LogP contribution in [-0.2, 0) is 9.59 Å². The SMILES string of the molecule is CN(C(=O)CSCC(=O)NCC12CC3CC(CC(C3)C1)C2)C1CCCCC1. The molecule has 0 saturated heterocycles. The van der Waals surface area contributed by atoms with Crippen molar-refractivity contribution in [3.8, 4) is 0 Å². The lowest BCUT2D eigenvalue weighted by atomic mass is 9.49. The molecule has 2 amide bonds. The minimum atomic E-state index is 0.115. The van der Waals surface area contributed by atoms with Crippen molar-refractivity contribution in [2.75, 3.05) is 25.1 Å². The summed E-state index contributed by atoms with van der Waals surface area (Å²) in [5.41, 5.74) is 0.395. The van der Waals surface area contributed by atoms with Crippen molar-refractivity contribution in [1.82, 2.24) is 10.2 Å². The zero-order chi connectivity index (χ0) is 18.9. The van der Waals surface area contributed by atoms with E-state index in [4.69, 9.17) is 0 Å². The fourth-order valence-electron chi connectivity index (χ4n) is 6.85. The molecule has 0 radical (unpaired) electrons. The van der Waals surface area contributed by atoms with Crippen LogP contribution in [0.4, 0.5) is 0 Å². The maximum Gasteiger partial charge on any atom is 0.232 e. The molecule has 0 aromatic heterocycles. The molecule has 5 fully saturated rings. The summed E-state index contributed by atoms with van der Waals surface area (Å²) in [5, 5.41) is 3.22. The number of amides is 2. The minimum Gasteiger partial charge on any atom is -0.355 e. The predicted octanol–water partition coefficient (Wildman–Crippen LogP) is 3.84. The van der Waals surface area contributed by atoms with E-state index in [2.05, 4.69) is 5.32 Å². The lowest BCUT2D eigenvalue weighted by Gasteiger charge is -2.56. The highest BCUT2D eigenvalue weighted by Crippen LogP contribution is 2.59. The number of rotatable bonds is 7. The first-order valence-corrected chi connectivity index (χ1v) is 12.3. The van der Waals surface area contributed by atoms with Crippen LogP contribution >= 0.6 is 11.8 Å². The zero-order valence-electron chi connectivity index (χ0n) is 16.9. The molecule has 152 valence electrons. The number of nitrogens with one attached hydrogen (secondary N) is 1. The minimum absolute atomic E-state index is 0.115. The van der Waals surface area contributed by atoms with Gasteiger partial charge in [-0.1, -0.05) is 19.3 Å². The number of carbonyl (C=O) groups is 2. The molecule has 0 aromatic carbocycles. The maximum atomic E-state index is 12.4. The molecule has 5 aliphatic rings. The number of hydrogen-bond donors (Lipinski definition) is 1. The number of thioether (sulfide) groups is 1. The Balaban J connectivity index is 1.15. The van der Waals surface area contributed by atoms with E-state index in [0.717, 1.165) is 37.1 Å². The van der Waals surface area contributed by atoms with Crippen LogP contribution in [0.2, 0.25) is 0 Å². The third-order valence-corrected chi connectivity index (χ3v) is 8.72. The Morgan fingerprint density at radius 3 is 2.15 bits per heavy atom. The number of hydrogen-bond acceptors (Lipinski definition) is 3. The summed E-state index contributed by atoms with van der Waals surface area (Å²) in [4.78, 5) is 26.6. The second kappa shape index (κ2) is 8.34. The van der Waals surface area contributed by atoms with Gasteiger partial charge in [0.1, 0.15) is 0 Å². The van der Waals surface area contributed by atoms with Crippen molar-refractivity contribution in [2.45, 2.75) is 76.7 Å². The molecular formula is C22H36N2O2S. The molecule has 0 aromatic rings. The second-order valence-electron chi connectivity index (χ2n) is 9.98. The molecule has 5 rings (SSSR count). The van der Waals surface area contributed by atoms with E-state index >= 15 is 0 Å². The zero-order valence-corrected chi connectivity index (χ0v) is 17.7. The summed E-state index contributed by atoms with van der Waals surface area (Å²) < 4.78 is 0. The van der Waals surface area contributed by atoms with Crippen molar-refractivity contribution in [3.63, 3.8) is 0 Å². The summed E-state index contributed by atoms with van der Waals surface area (Å²) in [7, 11) is 1.94. The summed E-state index contributed by atoms with van der Waals surface area (Å²) in [6, 6.07) is 0.414. The second-order valence-corrected chi connectivity index (χ2v) is 11.0. The van der Waals surface area contributed by atoms with Crippen LogP contribution in [0.1, 0.15) is 70.6 Å². The molecule has 5 aliphatic carbocycles. The lowest BCUT2D eigenvalue weighted by Crippen LogP contribution is -2.51. The van der Waals surface area contributed by atoms with Gasteiger partial charge in [-0.05, 0) is 74.5 Å². The average molecular weight is 393 g/mol. The van der Waals surface area contributed by atoms with Gasteiger partial charge < -0.3 is 10.2 Å². The predicted molar refractivity (Wildman–Crippen MR) is 111 cm³/mol. The summed E-state index contributed by atoms with van der Waals surface area (Å²) >= 11 is 1.48. The van der Waals surface area contributed by atoms with Gasteiger partial charge in [0, 0.05) is 19.6 Å². The standard InChI is InChI=1S/C22H36N2O2S/c1-24(19-5-3-2-4-6-19)21(26)14-27-13-20(25)23-15-22-10-16-7-17(11-22)9-18(8-16)12-22/h16-19H,2-15H2,1H3,(H,23,25). The molecule has 0 aliphatic heterocycles. The quantitative estimate of drug-likeness (QED) is 0.716. The highest BCUT2D eigenvalue weighted by Gasteiger charge is 2.50. The average Bonchev–Trinajstić information content (AvgIpc) is 2.65. The number of nitrogens with zero attached hydrogens (tertiary/aromatic N) is 1. The molecule has 0 spiro atoms. The number of carbonyl (C=O) groups excluding carboxylic acids is 2. The van der Waals surface area contributed by atoms with Crippen molar-refractivity contribution in [3.05, 3.63) is 0 Å². The first-order chi connectivity index (χ1) is 13.0. The molecule has 4 bridgehead atoms. The van der Waals surface area contributed by atoms with E-state index in [0.29, 0.717) is 23.0 Å². The fourth-order valence-corrected chi connectivity index (χ4v) is 7.62. The van der Waals surface area contributed by atoms with Crippen LogP contribution in [0.3, 0.4) is 0 Å². The van der Waals surface area contributed by atoms with E-state index in [1.807, 2.05) is 11.9 Å². The first-order valence-electron chi connectivity index (χ1n) is 11.1. The van der Waals surface area contributed by atoms with Gasteiger partial charge in [-0.3, -0.25) is 9.59 Å². The maximum absolute atomic E-state index is 12.4. The van der Waals surface area contributed by atoms with Crippen LogP contribution in [0, 0.1) is 23.2 Å². The smallest absolute Gasteiger partial charge is 0.232 e. The molecule has 4 nitrogen and oxygen atoms in total. The van der Waals surface area contributed by atoms with Crippen LogP contribution in [-0.4, -0.2) is 47.9 Å². The summed E-state index contributed by atoms with van der Waals surface area (Å²) in [6.07, 6.45) is 14.4. The Hall–Kier alpha value is -0.710. The van der Waals surface area contributed by atoms with Crippen molar-refractivity contribution < 1.29 is 9.59 Å². The van der Waals surface area contributed by atoms with Crippen LogP contribution in [0.25, 0.3) is 0 Å². The van der Waals surface area contributed by atoms with Crippen molar-refractivity contribution in [1.29, 1.82) is 0 Å². The molecule has 5 saturated carbocycles. The summed E-state index contributed by atoms with van der Waals surface area (Å²) in [6.45, 7) is 0.867. The van der Waals surface area contributed by atoms with Crippen LogP contribution < -0.4 is 5.32 Å². The topological polar surface area (TPSA) is 49.4 Å². The first kappa shape index (κ1) is 19.6. The van der Waals surface area contributed by atoms with E-state index in [-0.39, 0.29) is 11.8 Å². The van der Waals surface area contributed by atoms with Gasteiger partial charge >= 0.3 is 0 Å². The van der Waals surface area contributed by atoms with Gasteiger partial charge in [-0.2, -0.15) is 0 Å². The highest BCUT2D eigenvalue weighted by atomic mass is 32.2. The monoisotopic (exact) mass is 392 g/mol. The van der Waals surface area contributed by atoms with Gasteiger partial charge in [0.25, 0.3) is 0 Å². The van der Waals surface area contributed by atoms with Gasteiger partial charge in [0.2, 0.25) is 11.8 Å². The Morgan fingerprint density at radius 1 is 0.963 bits per heavy atom. The van der Waals surface area contributed by atoms with Crippen LogP contribution in [0.15, 0.2) is 0 Å². The van der Waals surface area contributed by atoms with E-state index < -0.39 is 0 Å². The fraction of sp³-hybridized carbons (Fsp3) is 0.909. The van der Waals surface area contributed by atoms with Crippen LogP contribution in [0.5, 0.6) is 0 Å². The molecule has 1 N–H and O–H groups in total. The Bertz CT molecular complexity index is 523. The molecule has 0 atom stereocenters. The van der Waals surface area contributed by atoms with Gasteiger partial charge in [-0.15, -0.1) is 11.8 Å². The van der Waals surface area contributed by atoms with E-state index in [1.165, 1.54) is 69.5 Å². The van der Waals surface area contributed by atoms with Crippen molar-refractivity contribution >= 4 is 23.6 Å². The normalized spacial score (nSPS) is 35.2. The Labute approximate surface area is 168 Å². The summed E-state index contributed by atoms with van der Waals surface area (Å²) in [5.74, 6) is 3.92. The highest BCUT2D eigenvalue weighted by molar-refractivity contribution is 8.00. The molecule has 27 heavy (non-hydrogen) atoms. The Kier molecular flexibility index (Phi) is 6.06. The van der Waals surface area contributed by atoms with Gasteiger partial charge in [0.05, 0.1) is 11.5 Å².